The Bertz CT molecular complexity index is 816. The summed E-state index contributed by atoms with van der Waals surface area (Å²) in [6, 6.07) is 21.0. The van der Waals surface area contributed by atoms with E-state index in [1.165, 1.54) is 11.1 Å². The largest absolute Gasteiger partial charge is 0.356 e. The van der Waals surface area contributed by atoms with Gasteiger partial charge in [-0.15, -0.1) is 0 Å². The highest BCUT2D eigenvalue weighted by Gasteiger charge is 2.07. The van der Waals surface area contributed by atoms with E-state index < -0.39 is 10.0 Å². The van der Waals surface area contributed by atoms with Gasteiger partial charge in [0.05, 0.1) is 6.26 Å². The minimum absolute atomic E-state index is 0.321. The predicted molar refractivity (Wildman–Crippen MR) is 124 cm³/mol. The van der Waals surface area contributed by atoms with E-state index >= 15 is 0 Å². The molecule has 0 aromatic heterocycles. The summed E-state index contributed by atoms with van der Waals surface area (Å²) in [4.78, 5) is 6.62. The third kappa shape index (κ3) is 10.4. The molecule has 8 heteroatoms. The molecule has 0 amide bonds. The fraction of sp³-hybridized carbons (Fsp3) is 0.409. The molecular weight excluding hydrogens is 398 g/mol. The Kier molecular flexibility index (Phi) is 10.3. The average molecular weight is 432 g/mol. The van der Waals surface area contributed by atoms with Crippen molar-refractivity contribution in [3.05, 3.63) is 71.8 Å². The summed E-state index contributed by atoms with van der Waals surface area (Å²) in [6.07, 6.45) is 2.11. The zero-order valence-corrected chi connectivity index (χ0v) is 18.7. The standard InChI is InChI=1S/C22H33N5O2S/c1-23-22(25-15-16-26-30(2,28)29)24-14-9-17-27(18-20-10-5-3-6-11-20)19-21-12-7-4-8-13-21/h3-8,10-13,26H,9,14-19H2,1-2H3,(H2,23,24,25). The fourth-order valence-electron chi connectivity index (χ4n) is 3.04. The molecule has 0 saturated carbocycles. The molecule has 0 aliphatic heterocycles. The molecule has 7 nitrogen and oxygen atoms in total. The van der Waals surface area contributed by atoms with Gasteiger partial charge in [-0.05, 0) is 17.5 Å². The second kappa shape index (κ2) is 13.0. The minimum Gasteiger partial charge on any atom is -0.356 e. The molecule has 0 aliphatic rings. The van der Waals surface area contributed by atoms with Gasteiger partial charge in [0.1, 0.15) is 0 Å². The SMILES string of the molecule is CN=C(NCCCN(Cc1ccccc1)Cc1ccccc1)NCCNS(C)(=O)=O. The predicted octanol–water partition coefficient (Wildman–Crippen LogP) is 1.79. The molecule has 0 aliphatic carbocycles. The van der Waals surface area contributed by atoms with Gasteiger partial charge in [0.15, 0.2) is 5.96 Å². The highest BCUT2D eigenvalue weighted by molar-refractivity contribution is 7.88. The summed E-state index contributed by atoms with van der Waals surface area (Å²) in [5.41, 5.74) is 2.61. The first-order valence-electron chi connectivity index (χ1n) is 10.2. The topological polar surface area (TPSA) is 85.8 Å². The van der Waals surface area contributed by atoms with Gasteiger partial charge >= 0.3 is 0 Å². The number of benzene rings is 2. The summed E-state index contributed by atoms with van der Waals surface area (Å²) in [6.45, 7) is 4.32. The average Bonchev–Trinajstić information content (AvgIpc) is 2.73. The Morgan fingerprint density at radius 1 is 0.867 bits per heavy atom. The molecule has 30 heavy (non-hydrogen) atoms. The Hall–Kier alpha value is -2.42. The number of guanidine groups is 1. The molecule has 2 aromatic carbocycles. The van der Waals surface area contributed by atoms with Gasteiger partial charge < -0.3 is 10.6 Å². The van der Waals surface area contributed by atoms with Gasteiger partial charge in [0.2, 0.25) is 10.0 Å². The lowest BCUT2D eigenvalue weighted by Crippen LogP contribution is -2.42. The van der Waals surface area contributed by atoms with Crippen LogP contribution in [0.25, 0.3) is 0 Å². The minimum atomic E-state index is -3.17. The number of sulfonamides is 1. The molecule has 0 atom stereocenters. The molecule has 0 radical (unpaired) electrons. The van der Waals surface area contributed by atoms with Crippen molar-refractivity contribution in [3.63, 3.8) is 0 Å². The van der Waals surface area contributed by atoms with Crippen molar-refractivity contribution in [2.75, 3.05) is 39.5 Å². The summed E-state index contributed by atoms with van der Waals surface area (Å²) >= 11 is 0. The van der Waals surface area contributed by atoms with Crippen LogP contribution in [0, 0.1) is 0 Å². The summed E-state index contributed by atoms with van der Waals surface area (Å²) in [7, 11) is -1.46. The van der Waals surface area contributed by atoms with E-state index in [0.717, 1.165) is 38.9 Å². The fourth-order valence-corrected chi connectivity index (χ4v) is 3.52. The van der Waals surface area contributed by atoms with Crippen molar-refractivity contribution in [3.8, 4) is 0 Å². The van der Waals surface area contributed by atoms with Crippen LogP contribution in [-0.2, 0) is 23.1 Å². The Morgan fingerprint density at radius 3 is 1.90 bits per heavy atom. The summed E-state index contributed by atoms with van der Waals surface area (Å²) in [5.74, 6) is 0.669. The van der Waals surface area contributed by atoms with Gasteiger partial charge in [0.25, 0.3) is 0 Å². The smallest absolute Gasteiger partial charge is 0.208 e. The first-order chi connectivity index (χ1) is 14.5. The first kappa shape index (κ1) is 23.9. The number of aliphatic imine (C=N–C) groups is 1. The Labute approximate surface area is 180 Å². The van der Waals surface area contributed by atoms with Crippen molar-refractivity contribution < 1.29 is 8.42 Å². The molecule has 0 bridgehead atoms. The van der Waals surface area contributed by atoms with Crippen LogP contribution in [0.15, 0.2) is 65.7 Å². The van der Waals surface area contributed by atoms with Gasteiger partial charge in [-0.2, -0.15) is 0 Å². The third-order valence-electron chi connectivity index (χ3n) is 4.45. The molecule has 0 unspecified atom stereocenters. The highest BCUT2D eigenvalue weighted by Crippen LogP contribution is 2.10. The lowest BCUT2D eigenvalue weighted by Gasteiger charge is -2.23. The Balaban J connectivity index is 1.78. The van der Waals surface area contributed by atoms with Crippen molar-refractivity contribution in [1.29, 1.82) is 0 Å². The van der Waals surface area contributed by atoms with Crippen LogP contribution in [-0.4, -0.2) is 58.8 Å². The van der Waals surface area contributed by atoms with Crippen LogP contribution in [0.5, 0.6) is 0 Å². The van der Waals surface area contributed by atoms with Crippen molar-refractivity contribution in [1.82, 2.24) is 20.3 Å². The maximum absolute atomic E-state index is 11.1. The van der Waals surface area contributed by atoms with Crippen LogP contribution in [0.3, 0.4) is 0 Å². The molecule has 0 saturated heterocycles. The molecule has 2 aromatic rings. The van der Waals surface area contributed by atoms with E-state index in [1.807, 2.05) is 12.1 Å². The number of rotatable bonds is 12. The van der Waals surface area contributed by atoms with E-state index in [4.69, 9.17) is 0 Å². The molecule has 0 heterocycles. The molecular formula is C22H33N5O2S. The summed E-state index contributed by atoms with van der Waals surface area (Å²) < 4.78 is 24.6. The lowest BCUT2D eigenvalue weighted by molar-refractivity contribution is 0.254. The number of hydrogen-bond acceptors (Lipinski definition) is 4. The van der Waals surface area contributed by atoms with E-state index in [-0.39, 0.29) is 0 Å². The molecule has 0 fully saturated rings. The highest BCUT2D eigenvalue weighted by atomic mass is 32.2. The number of nitrogens with one attached hydrogen (secondary N) is 3. The van der Waals surface area contributed by atoms with Crippen LogP contribution < -0.4 is 15.4 Å². The second-order valence-corrected chi connectivity index (χ2v) is 8.96. The molecule has 164 valence electrons. The van der Waals surface area contributed by atoms with Crippen LogP contribution >= 0.6 is 0 Å². The van der Waals surface area contributed by atoms with Gasteiger partial charge in [-0.3, -0.25) is 9.89 Å². The van der Waals surface area contributed by atoms with E-state index in [0.29, 0.717) is 19.0 Å². The third-order valence-corrected chi connectivity index (χ3v) is 5.18. The van der Waals surface area contributed by atoms with Crippen LogP contribution in [0.4, 0.5) is 0 Å². The van der Waals surface area contributed by atoms with Crippen LogP contribution in [0.1, 0.15) is 17.5 Å². The van der Waals surface area contributed by atoms with Crippen molar-refractivity contribution in [2.45, 2.75) is 19.5 Å². The maximum Gasteiger partial charge on any atom is 0.208 e. The normalized spacial score (nSPS) is 12.2. The molecule has 0 spiro atoms. The van der Waals surface area contributed by atoms with Gasteiger partial charge in [-0.1, -0.05) is 60.7 Å². The zero-order valence-electron chi connectivity index (χ0n) is 17.8. The van der Waals surface area contributed by atoms with Gasteiger partial charge in [-0.25, -0.2) is 13.1 Å². The van der Waals surface area contributed by atoms with Crippen molar-refractivity contribution >= 4 is 16.0 Å². The van der Waals surface area contributed by atoms with Crippen LogP contribution in [0.2, 0.25) is 0 Å². The number of hydrogen-bond donors (Lipinski definition) is 3. The second-order valence-electron chi connectivity index (χ2n) is 7.13. The first-order valence-corrected chi connectivity index (χ1v) is 12.0. The van der Waals surface area contributed by atoms with Crippen molar-refractivity contribution in [2.24, 2.45) is 4.99 Å². The number of nitrogens with zero attached hydrogens (tertiary/aromatic N) is 2. The van der Waals surface area contributed by atoms with E-state index in [2.05, 4.69) is 73.8 Å². The lowest BCUT2D eigenvalue weighted by atomic mass is 10.1. The Morgan fingerprint density at radius 2 is 1.40 bits per heavy atom. The zero-order chi connectivity index (χ0) is 21.7. The monoisotopic (exact) mass is 431 g/mol. The molecule has 3 N–H and O–H groups in total. The quantitative estimate of drug-likeness (QED) is 0.271. The van der Waals surface area contributed by atoms with E-state index in [1.54, 1.807) is 7.05 Å². The van der Waals surface area contributed by atoms with Gasteiger partial charge in [0, 0.05) is 46.3 Å². The van der Waals surface area contributed by atoms with E-state index in [9.17, 15) is 8.42 Å². The molecule has 2 rings (SSSR count). The summed E-state index contributed by atoms with van der Waals surface area (Å²) in [5, 5.41) is 6.39. The maximum atomic E-state index is 11.1.